The first-order chi connectivity index (χ1) is 13.3. The largest absolute Gasteiger partial charge is 0.309 e. The second-order valence-corrected chi connectivity index (χ2v) is 6.54. The maximum Gasteiger partial charge on any atom is 0.0208 e. The maximum absolute atomic E-state index is 3.98. The van der Waals surface area contributed by atoms with E-state index >= 15 is 0 Å². The van der Waals surface area contributed by atoms with E-state index in [0.29, 0.717) is 0 Å². The number of aryl methyl sites for hydroxylation is 1. The van der Waals surface area contributed by atoms with Crippen molar-refractivity contribution in [2.24, 2.45) is 0 Å². The van der Waals surface area contributed by atoms with Crippen LogP contribution in [-0.4, -0.2) is 6.54 Å². The molecule has 0 fully saturated rings. The van der Waals surface area contributed by atoms with E-state index in [1.165, 1.54) is 28.7 Å². The monoisotopic (exact) mass is 385 g/mol. The van der Waals surface area contributed by atoms with Crippen molar-refractivity contribution >= 4 is 0 Å². The van der Waals surface area contributed by atoms with E-state index in [1.54, 1.807) is 0 Å². The Kier molecular flexibility index (Phi) is 25.5. The van der Waals surface area contributed by atoms with Crippen LogP contribution in [0.3, 0.4) is 0 Å². The Hall–Kier alpha value is -1.86. The first-order valence-corrected chi connectivity index (χ1v) is 10.8. The van der Waals surface area contributed by atoms with E-state index in [-0.39, 0.29) is 0 Å². The SMILES string of the molecule is C=C(C)CC.C=C/C(=C\C(=C)CC)CNCc1ccc(C)cc1.CC.CCC. The minimum atomic E-state index is 0.830. The Morgan fingerprint density at radius 2 is 1.43 bits per heavy atom. The van der Waals surface area contributed by atoms with Crippen LogP contribution >= 0.6 is 0 Å². The van der Waals surface area contributed by atoms with Crippen molar-refractivity contribution in [2.45, 2.75) is 81.2 Å². The Labute approximate surface area is 177 Å². The van der Waals surface area contributed by atoms with Gasteiger partial charge in [0.15, 0.2) is 0 Å². The van der Waals surface area contributed by atoms with Crippen LogP contribution in [0.1, 0.15) is 78.9 Å². The van der Waals surface area contributed by atoms with Crippen molar-refractivity contribution in [2.75, 3.05) is 6.54 Å². The summed E-state index contributed by atoms with van der Waals surface area (Å²) in [5, 5.41) is 3.42. The number of allylic oxidation sites excluding steroid dienone is 3. The van der Waals surface area contributed by atoms with Gasteiger partial charge in [0, 0.05) is 13.1 Å². The third-order valence-corrected chi connectivity index (χ3v) is 3.49. The Bertz CT molecular complexity index is 532. The summed E-state index contributed by atoms with van der Waals surface area (Å²) >= 11 is 0. The third kappa shape index (κ3) is 22.2. The minimum Gasteiger partial charge on any atom is -0.309 e. The molecule has 0 heterocycles. The molecule has 160 valence electrons. The van der Waals surface area contributed by atoms with Crippen molar-refractivity contribution in [1.29, 1.82) is 0 Å². The Morgan fingerprint density at radius 1 is 0.964 bits per heavy atom. The van der Waals surface area contributed by atoms with Crippen LogP contribution in [-0.2, 0) is 6.54 Å². The zero-order valence-electron chi connectivity index (χ0n) is 20.1. The molecule has 0 aliphatic heterocycles. The number of nitrogens with one attached hydrogen (secondary N) is 1. The van der Waals surface area contributed by atoms with E-state index < -0.39 is 0 Å². The summed E-state index contributed by atoms with van der Waals surface area (Å²) in [6.07, 6.45) is 7.34. The molecule has 0 aliphatic rings. The van der Waals surface area contributed by atoms with Gasteiger partial charge in [0.2, 0.25) is 0 Å². The summed E-state index contributed by atoms with van der Waals surface area (Å²) in [6.45, 7) is 29.8. The molecule has 0 aromatic heterocycles. The molecule has 0 atom stereocenters. The Balaban J connectivity index is -0.000000523. The van der Waals surface area contributed by atoms with Crippen LogP contribution in [0.25, 0.3) is 0 Å². The topological polar surface area (TPSA) is 12.0 Å². The summed E-state index contributed by atoms with van der Waals surface area (Å²) in [5.41, 5.74) is 6.18. The highest BCUT2D eigenvalue weighted by Crippen LogP contribution is 2.06. The first kappa shape index (κ1) is 30.9. The van der Waals surface area contributed by atoms with Crippen LogP contribution in [0.2, 0.25) is 0 Å². The molecule has 1 N–H and O–H groups in total. The third-order valence-electron chi connectivity index (χ3n) is 3.49. The summed E-state index contributed by atoms with van der Waals surface area (Å²) in [5.74, 6) is 0. The number of hydrogen-bond acceptors (Lipinski definition) is 1. The molecule has 1 heteroatoms. The summed E-state index contributed by atoms with van der Waals surface area (Å²) in [6, 6.07) is 8.59. The van der Waals surface area contributed by atoms with Gasteiger partial charge in [-0.3, -0.25) is 0 Å². The molecule has 0 aliphatic carbocycles. The van der Waals surface area contributed by atoms with Crippen molar-refractivity contribution in [1.82, 2.24) is 5.32 Å². The van der Waals surface area contributed by atoms with Gasteiger partial charge < -0.3 is 5.32 Å². The Morgan fingerprint density at radius 3 is 1.79 bits per heavy atom. The van der Waals surface area contributed by atoms with Crippen LogP contribution in [0.5, 0.6) is 0 Å². The van der Waals surface area contributed by atoms with Gasteiger partial charge in [-0.15, -0.1) is 6.58 Å². The maximum atomic E-state index is 3.98. The van der Waals surface area contributed by atoms with Gasteiger partial charge in [-0.05, 0) is 37.8 Å². The number of benzene rings is 1. The van der Waals surface area contributed by atoms with Crippen molar-refractivity contribution in [3.63, 3.8) is 0 Å². The zero-order chi connectivity index (χ0) is 22.4. The van der Waals surface area contributed by atoms with Gasteiger partial charge in [-0.25, -0.2) is 0 Å². The lowest BCUT2D eigenvalue weighted by atomic mass is 10.1. The fourth-order valence-electron chi connectivity index (χ4n) is 1.60. The van der Waals surface area contributed by atoms with Crippen molar-refractivity contribution < 1.29 is 0 Å². The van der Waals surface area contributed by atoms with Crippen molar-refractivity contribution in [3.8, 4) is 0 Å². The van der Waals surface area contributed by atoms with Crippen LogP contribution in [0, 0.1) is 6.92 Å². The predicted octanol–water partition coefficient (Wildman–Crippen LogP) is 8.58. The number of hydrogen-bond donors (Lipinski definition) is 1. The lowest BCUT2D eigenvalue weighted by Crippen LogP contribution is -2.16. The lowest BCUT2D eigenvalue weighted by molar-refractivity contribution is 0.746. The second-order valence-electron chi connectivity index (χ2n) is 6.54. The highest BCUT2D eigenvalue weighted by molar-refractivity contribution is 5.28. The molecular weight excluding hydrogens is 338 g/mol. The highest BCUT2D eigenvalue weighted by Gasteiger charge is 1.95. The number of rotatable bonds is 8. The van der Waals surface area contributed by atoms with E-state index in [0.717, 1.165) is 31.5 Å². The summed E-state index contributed by atoms with van der Waals surface area (Å²) in [7, 11) is 0. The highest BCUT2D eigenvalue weighted by atomic mass is 14.8. The van der Waals surface area contributed by atoms with Gasteiger partial charge in [-0.2, -0.15) is 0 Å². The predicted molar refractivity (Wildman–Crippen MR) is 133 cm³/mol. The van der Waals surface area contributed by atoms with Gasteiger partial charge in [0.1, 0.15) is 0 Å². The average Bonchev–Trinajstić information content (AvgIpc) is 2.71. The van der Waals surface area contributed by atoms with E-state index in [2.05, 4.69) is 90.0 Å². The molecule has 1 aromatic rings. The minimum absolute atomic E-state index is 0.830. The normalized spacial score (nSPS) is 9.50. The van der Waals surface area contributed by atoms with Crippen LogP contribution in [0.15, 0.2) is 72.9 Å². The molecule has 1 aromatic carbocycles. The molecule has 0 saturated carbocycles. The smallest absolute Gasteiger partial charge is 0.0208 e. The molecule has 0 saturated heterocycles. The van der Waals surface area contributed by atoms with E-state index in [4.69, 9.17) is 0 Å². The molecular formula is C27H47N. The van der Waals surface area contributed by atoms with Crippen LogP contribution in [0.4, 0.5) is 0 Å². The average molecular weight is 386 g/mol. The molecule has 0 unspecified atom stereocenters. The van der Waals surface area contributed by atoms with Gasteiger partial charge in [-0.1, -0.05) is 114 Å². The molecule has 0 amide bonds. The second kappa shape index (κ2) is 23.2. The fraction of sp³-hybridized carbons (Fsp3) is 0.481. The molecule has 1 rings (SSSR count). The van der Waals surface area contributed by atoms with Gasteiger partial charge >= 0.3 is 0 Å². The quantitative estimate of drug-likeness (QED) is 0.349. The lowest BCUT2D eigenvalue weighted by Gasteiger charge is -2.07. The zero-order valence-corrected chi connectivity index (χ0v) is 20.1. The van der Waals surface area contributed by atoms with Crippen molar-refractivity contribution in [3.05, 3.63) is 84.0 Å². The molecule has 0 radical (unpaired) electrons. The summed E-state index contributed by atoms with van der Waals surface area (Å²) in [4.78, 5) is 0. The van der Waals surface area contributed by atoms with E-state index in [9.17, 15) is 0 Å². The standard InChI is InChI=1S/C17H23N.C5H10.C3H8.C2H6/c1-5-14(3)11-16(6-2)12-18-13-17-9-7-15(4)8-10-17;1-4-5(2)3;1-3-2;1-2/h6-11,18H,2-3,5,12-13H2,1,4H3;2,4H2,1,3H3;3H2,1-2H3;1-2H3/b16-11+;;;. The molecule has 1 nitrogen and oxygen atoms in total. The molecule has 0 spiro atoms. The molecule has 0 bridgehead atoms. The van der Waals surface area contributed by atoms with Crippen LogP contribution < -0.4 is 5.32 Å². The molecule has 28 heavy (non-hydrogen) atoms. The van der Waals surface area contributed by atoms with E-state index in [1.807, 2.05) is 26.8 Å². The summed E-state index contributed by atoms with van der Waals surface area (Å²) < 4.78 is 0. The fourth-order valence-corrected chi connectivity index (χ4v) is 1.60. The first-order valence-electron chi connectivity index (χ1n) is 10.8. The van der Waals surface area contributed by atoms with Gasteiger partial charge in [0.05, 0.1) is 0 Å². The van der Waals surface area contributed by atoms with Gasteiger partial charge in [0.25, 0.3) is 0 Å².